The summed E-state index contributed by atoms with van der Waals surface area (Å²) in [6.45, 7) is 0. The number of aromatic nitrogens is 2. The molecule has 0 amide bonds. The van der Waals surface area contributed by atoms with Crippen molar-refractivity contribution in [1.82, 2.24) is 9.13 Å². The van der Waals surface area contributed by atoms with Crippen molar-refractivity contribution in [1.29, 1.82) is 0 Å². The third kappa shape index (κ3) is 7.67. The minimum atomic E-state index is 1.04. The van der Waals surface area contributed by atoms with Gasteiger partial charge in [-0.3, -0.25) is 0 Å². The Hall–Kier alpha value is -9.22. The highest BCUT2D eigenvalue weighted by Crippen LogP contribution is 2.42. The average molecular weight is 1010 g/mol. The molecule has 14 rings (SSSR count). The van der Waals surface area contributed by atoms with Gasteiger partial charge < -0.3 is 14.0 Å². The van der Waals surface area contributed by atoms with Crippen LogP contribution in [0.15, 0.2) is 284 Å². The molecule has 4 heteroatoms. The molecule has 0 aliphatic rings. The first-order valence-electron chi connectivity index (χ1n) is 25.2. The molecule has 2 heterocycles. The fourth-order valence-corrected chi connectivity index (χ4v) is 11.7. The van der Waals surface area contributed by atoms with Crippen molar-refractivity contribution in [3.8, 4) is 55.9 Å². The number of rotatable bonds is 9. The van der Waals surface area contributed by atoms with Gasteiger partial charge in [-0.1, -0.05) is 168 Å². The number of nitrogens with zero attached hydrogens (tertiary/aromatic N) is 3. The van der Waals surface area contributed by atoms with Crippen LogP contribution in [0.5, 0.6) is 0 Å². The Morgan fingerprint density at radius 3 is 1.24 bits per heavy atom. The Labute approximate surface area is 438 Å². The predicted molar refractivity (Wildman–Crippen MR) is 317 cm³/mol. The Morgan fingerprint density at radius 2 is 0.662 bits per heavy atom. The summed E-state index contributed by atoms with van der Waals surface area (Å²) in [5, 5.41) is 7.35. The lowest BCUT2D eigenvalue weighted by Gasteiger charge is -2.25. The average Bonchev–Trinajstić information content (AvgIpc) is 4.01. The number of benzene rings is 12. The highest BCUT2D eigenvalue weighted by atomic mass is 79.9. The second-order valence-electron chi connectivity index (χ2n) is 19.1. The van der Waals surface area contributed by atoms with E-state index >= 15 is 0 Å². The van der Waals surface area contributed by atoms with Crippen LogP contribution in [0.2, 0.25) is 0 Å². The van der Waals surface area contributed by atoms with E-state index in [2.05, 4.69) is 309 Å². The largest absolute Gasteiger partial charge is 0.311 e. The molecule has 74 heavy (non-hydrogen) atoms. The quantitative estimate of drug-likeness (QED) is 0.140. The number of anilines is 3. The number of para-hydroxylation sites is 4. The van der Waals surface area contributed by atoms with E-state index in [1.807, 2.05) is 0 Å². The van der Waals surface area contributed by atoms with Crippen molar-refractivity contribution in [2.45, 2.75) is 0 Å². The lowest BCUT2D eigenvalue weighted by atomic mass is 9.96. The van der Waals surface area contributed by atoms with Gasteiger partial charge in [0.1, 0.15) is 0 Å². The van der Waals surface area contributed by atoms with Crippen LogP contribution in [0.4, 0.5) is 17.1 Å². The lowest BCUT2D eigenvalue weighted by molar-refractivity contribution is 1.17. The van der Waals surface area contributed by atoms with E-state index in [0.29, 0.717) is 0 Å². The van der Waals surface area contributed by atoms with Gasteiger partial charge in [-0.05, 0) is 183 Å². The van der Waals surface area contributed by atoms with Gasteiger partial charge in [0.05, 0.1) is 22.1 Å². The Morgan fingerprint density at radius 1 is 0.243 bits per heavy atom. The van der Waals surface area contributed by atoms with E-state index in [1.165, 1.54) is 76.6 Å². The lowest BCUT2D eigenvalue weighted by Crippen LogP contribution is -2.09. The molecule has 12 aromatic carbocycles. The molecule has 0 radical (unpaired) electrons. The zero-order chi connectivity index (χ0) is 49.1. The molecular weight excluding hydrogens is 963 g/mol. The molecule has 0 spiro atoms. The first kappa shape index (κ1) is 43.6. The van der Waals surface area contributed by atoms with Gasteiger partial charge in [-0.2, -0.15) is 0 Å². The molecule has 0 saturated carbocycles. The molecule has 0 unspecified atom stereocenters. The van der Waals surface area contributed by atoms with E-state index in [0.717, 1.165) is 55.2 Å². The number of fused-ring (bicyclic) bond motifs is 7. The zero-order valence-electron chi connectivity index (χ0n) is 40.3. The summed E-state index contributed by atoms with van der Waals surface area (Å²) in [5.41, 5.74) is 19.7. The van der Waals surface area contributed by atoms with E-state index in [1.54, 1.807) is 0 Å². The second kappa shape index (κ2) is 18.1. The van der Waals surface area contributed by atoms with Gasteiger partial charge in [-0.25, -0.2) is 0 Å². The third-order valence-electron chi connectivity index (χ3n) is 14.7. The number of hydrogen-bond donors (Lipinski definition) is 0. The number of hydrogen-bond acceptors (Lipinski definition) is 1. The van der Waals surface area contributed by atoms with Crippen molar-refractivity contribution in [2.75, 3.05) is 4.90 Å². The summed E-state index contributed by atoms with van der Waals surface area (Å²) in [5.74, 6) is 0. The molecule has 14 aromatic rings. The number of halogens is 1. The van der Waals surface area contributed by atoms with Gasteiger partial charge in [0.2, 0.25) is 0 Å². The van der Waals surface area contributed by atoms with Crippen molar-refractivity contribution in [3.63, 3.8) is 0 Å². The maximum absolute atomic E-state index is 3.96. The van der Waals surface area contributed by atoms with Gasteiger partial charge in [0.25, 0.3) is 0 Å². The van der Waals surface area contributed by atoms with Crippen molar-refractivity contribution in [3.05, 3.63) is 284 Å². The molecule has 0 atom stereocenters. The molecule has 0 aliphatic heterocycles. The fraction of sp³-hybridized carbons (Fsp3) is 0. The minimum absolute atomic E-state index is 1.04. The van der Waals surface area contributed by atoms with Crippen molar-refractivity contribution < 1.29 is 0 Å². The maximum atomic E-state index is 3.96. The maximum Gasteiger partial charge on any atom is 0.0541 e. The summed E-state index contributed by atoms with van der Waals surface area (Å²) in [6.07, 6.45) is 0. The van der Waals surface area contributed by atoms with Gasteiger partial charge >= 0.3 is 0 Å². The molecule has 0 aliphatic carbocycles. The van der Waals surface area contributed by atoms with Crippen molar-refractivity contribution in [2.24, 2.45) is 0 Å². The molecule has 0 N–H and O–H groups in total. The van der Waals surface area contributed by atoms with Crippen LogP contribution in [0.3, 0.4) is 0 Å². The monoisotopic (exact) mass is 1010 g/mol. The first-order valence-corrected chi connectivity index (χ1v) is 26.0. The van der Waals surface area contributed by atoms with Crippen LogP contribution in [0.25, 0.3) is 110 Å². The summed E-state index contributed by atoms with van der Waals surface area (Å²) < 4.78 is 5.88. The zero-order valence-corrected chi connectivity index (χ0v) is 41.9. The van der Waals surface area contributed by atoms with Crippen LogP contribution in [0.1, 0.15) is 0 Å². The van der Waals surface area contributed by atoms with Crippen molar-refractivity contribution >= 4 is 87.4 Å². The third-order valence-corrected chi connectivity index (χ3v) is 15.1. The van der Waals surface area contributed by atoms with E-state index in [9.17, 15) is 0 Å². The van der Waals surface area contributed by atoms with E-state index in [-0.39, 0.29) is 0 Å². The summed E-state index contributed by atoms with van der Waals surface area (Å²) in [7, 11) is 0. The molecule has 0 bridgehead atoms. The Bertz CT molecular complexity index is 4380. The van der Waals surface area contributed by atoms with Gasteiger partial charge in [0, 0.05) is 54.5 Å². The minimum Gasteiger partial charge on any atom is -0.311 e. The van der Waals surface area contributed by atoms with E-state index in [4.69, 9.17) is 0 Å². The summed E-state index contributed by atoms with van der Waals surface area (Å²) in [4.78, 5) is 2.30. The second-order valence-corrected chi connectivity index (χ2v) is 20.0. The molecule has 0 fully saturated rings. The van der Waals surface area contributed by atoms with Crippen LogP contribution in [-0.2, 0) is 0 Å². The molecule has 348 valence electrons. The molecule has 3 nitrogen and oxygen atoms in total. The molecule has 0 saturated heterocycles. The van der Waals surface area contributed by atoms with Gasteiger partial charge in [-0.15, -0.1) is 0 Å². The van der Waals surface area contributed by atoms with E-state index < -0.39 is 0 Å². The Balaban J connectivity index is 0.849. The van der Waals surface area contributed by atoms with Crippen LogP contribution in [-0.4, -0.2) is 9.13 Å². The smallest absolute Gasteiger partial charge is 0.0541 e. The highest BCUT2D eigenvalue weighted by molar-refractivity contribution is 9.10. The van der Waals surface area contributed by atoms with Gasteiger partial charge in [0.15, 0.2) is 0 Å². The SMILES string of the molecule is Brc1cc(-c2ccc3c(c2)c2ccccc2n3-c2ccc(N(c3ccccc3)c3ccccc3)cc2)cc(-c2ccc3c(c2)c2ccccc2n3-c2cc(-c3ccccc3)cc(-c3ccc4ccccc4c3)c2)c1. The normalized spacial score (nSPS) is 11.6. The van der Waals surface area contributed by atoms with Crippen LogP contribution >= 0.6 is 15.9 Å². The fourth-order valence-electron chi connectivity index (χ4n) is 11.2. The van der Waals surface area contributed by atoms with Crippen LogP contribution < -0.4 is 4.90 Å². The van der Waals surface area contributed by atoms with Crippen LogP contribution in [0, 0.1) is 0 Å². The highest BCUT2D eigenvalue weighted by Gasteiger charge is 2.19. The predicted octanol–water partition coefficient (Wildman–Crippen LogP) is 19.9. The molecular formula is C70H46BrN3. The standard InChI is InChI=1S/C70H46BrN3/c71-57-41-53(51-30-36-69-65(45-51)63-24-12-14-26-67(63)73(69)61-34-32-60(33-35-61)72(58-20-6-2-7-21-58)59-22-8-3-9-23-59)39-54(42-57)52-31-37-70-66(46-52)64-25-13-15-27-68(64)74(70)62-43-55(47-16-4-1-5-17-47)40-56(44-62)50-29-28-48-18-10-11-19-49(48)38-50/h1-46H. The summed E-state index contributed by atoms with van der Waals surface area (Å²) >= 11 is 3.96. The molecule has 2 aromatic heterocycles. The topological polar surface area (TPSA) is 13.1 Å². The Kier molecular flexibility index (Phi) is 10.7. The summed E-state index contributed by atoms with van der Waals surface area (Å²) in [6, 6.07) is 102. The first-order chi connectivity index (χ1) is 36.6.